The highest BCUT2D eigenvalue weighted by atomic mass is 16.5. The van der Waals surface area contributed by atoms with Crippen LogP contribution in [0.15, 0.2) is 48.5 Å². The first-order valence-corrected chi connectivity index (χ1v) is 11.8. The Labute approximate surface area is 210 Å². The molecule has 1 aliphatic heterocycles. The zero-order chi connectivity index (χ0) is 26.1. The van der Waals surface area contributed by atoms with E-state index < -0.39 is 30.4 Å². The molecule has 3 rings (SSSR count). The third-order valence-corrected chi connectivity index (χ3v) is 6.12. The lowest BCUT2D eigenvalue weighted by Crippen LogP contribution is -2.43. The fourth-order valence-electron chi connectivity index (χ4n) is 4.08. The molecule has 0 unspecified atom stereocenters. The van der Waals surface area contributed by atoms with Gasteiger partial charge in [0.05, 0.1) is 26.2 Å². The lowest BCUT2D eigenvalue weighted by molar-refractivity contribution is -0.152. The second-order valence-corrected chi connectivity index (χ2v) is 8.71. The first-order chi connectivity index (χ1) is 17.3. The lowest BCUT2D eigenvalue weighted by Gasteiger charge is -2.18. The largest absolute Gasteiger partial charge is 0.493 e. The van der Waals surface area contributed by atoms with Crippen LogP contribution in [0.4, 0.5) is 0 Å². The molecule has 0 aromatic heterocycles. The van der Waals surface area contributed by atoms with Gasteiger partial charge in [0, 0.05) is 19.5 Å². The van der Waals surface area contributed by atoms with Gasteiger partial charge in [-0.15, -0.1) is 0 Å². The summed E-state index contributed by atoms with van der Waals surface area (Å²) in [6, 6.07) is 14.2. The van der Waals surface area contributed by atoms with Gasteiger partial charge in [-0.3, -0.25) is 19.2 Å². The monoisotopic (exact) mass is 496 g/mol. The van der Waals surface area contributed by atoms with E-state index in [1.54, 1.807) is 19.1 Å². The van der Waals surface area contributed by atoms with E-state index in [1.807, 2.05) is 48.5 Å². The van der Waals surface area contributed by atoms with Crippen LogP contribution in [0.1, 0.15) is 24.5 Å². The fraction of sp³-hybridized carbons (Fsp3) is 0.407. The first kappa shape index (κ1) is 26.7. The van der Waals surface area contributed by atoms with Gasteiger partial charge < -0.3 is 24.4 Å². The SMILES string of the molecule is COc1ccc(CCN2C[C@H](C(=O)OCC(=O)N[C@H](Cc3ccccc3)C(C)=O)CC2=O)cc1OC. The van der Waals surface area contributed by atoms with Crippen LogP contribution in [0.2, 0.25) is 0 Å². The standard InChI is InChI=1S/C27H32N2O7/c1-18(30)22(13-19-7-5-4-6-8-19)28-25(31)17-36-27(33)21-15-26(32)29(16-21)12-11-20-9-10-23(34-2)24(14-20)35-3/h4-10,14,21-22H,11-13,15-17H2,1-3H3,(H,28,31)/t21-,22-/m1/s1. The van der Waals surface area contributed by atoms with Gasteiger partial charge in [-0.25, -0.2) is 0 Å². The number of rotatable bonds is 12. The molecule has 1 heterocycles. The summed E-state index contributed by atoms with van der Waals surface area (Å²) in [5, 5.41) is 2.62. The van der Waals surface area contributed by atoms with Crippen LogP contribution in [0.5, 0.6) is 11.5 Å². The van der Waals surface area contributed by atoms with E-state index >= 15 is 0 Å². The van der Waals surface area contributed by atoms with E-state index in [4.69, 9.17) is 14.2 Å². The Balaban J connectivity index is 1.45. The number of nitrogens with zero attached hydrogens (tertiary/aromatic N) is 1. The molecule has 1 saturated heterocycles. The van der Waals surface area contributed by atoms with Crippen molar-refractivity contribution in [2.24, 2.45) is 5.92 Å². The normalized spacial score (nSPS) is 15.8. The van der Waals surface area contributed by atoms with Gasteiger partial charge in [0.2, 0.25) is 5.91 Å². The van der Waals surface area contributed by atoms with Gasteiger partial charge in [-0.05, 0) is 43.0 Å². The number of ether oxygens (including phenoxy) is 3. The molecule has 2 aromatic carbocycles. The number of benzene rings is 2. The van der Waals surface area contributed by atoms with Gasteiger partial charge in [0.25, 0.3) is 5.91 Å². The topological polar surface area (TPSA) is 111 Å². The van der Waals surface area contributed by atoms with Gasteiger partial charge in [-0.2, -0.15) is 0 Å². The Morgan fingerprint density at radius 1 is 1.03 bits per heavy atom. The zero-order valence-electron chi connectivity index (χ0n) is 20.8. The summed E-state index contributed by atoms with van der Waals surface area (Å²) in [4.78, 5) is 50.8. The molecule has 1 aliphatic rings. The van der Waals surface area contributed by atoms with E-state index in [-0.39, 0.29) is 24.7 Å². The van der Waals surface area contributed by atoms with Gasteiger partial charge in [0.15, 0.2) is 23.9 Å². The molecule has 2 amide bonds. The third kappa shape index (κ3) is 7.31. The van der Waals surface area contributed by atoms with Crippen LogP contribution in [0.3, 0.4) is 0 Å². The Bertz CT molecular complexity index is 1090. The summed E-state index contributed by atoms with van der Waals surface area (Å²) in [5.74, 6) is -0.892. The fourth-order valence-corrected chi connectivity index (χ4v) is 4.08. The van der Waals surface area contributed by atoms with E-state index in [0.29, 0.717) is 30.9 Å². The van der Waals surface area contributed by atoms with Crippen LogP contribution in [-0.2, 0) is 36.8 Å². The van der Waals surface area contributed by atoms with E-state index in [0.717, 1.165) is 11.1 Å². The predicted molar refractivity (Wildman–Crippen MR) is 132 cm³/mol. The molecule has 9 heteroatoms. The molecular formula is C27H32N2O7. The number of esters is 1. The molecule has 192 valence electrons. The Morgan fingerprint density at radius 3 is 2.42 bits per heavy atom. The minimum atomic E-state index is -0.710. The number of hydrogen-bond donors (Lipinski definition) is 1. The van der Waals surface area contributed by atoms with Crippen molar-refractivity contribution in [3.63, 3.8) is 0 Å². The number of hydrogen-bond acceptors (Lipinski definition) is 7. The second-order valence-electron chi connectivity index (χ2n) is 8.71. The highest BCUT2D eigenvalue weighted by molar-refractivity contribution is 5.90. The first-order valence-electron chi connectivity index (χ1n) is 11.8. The minimum Gasteiger partial charge on any atom is -0.493 e. The summed E-state index contributed by atoms with van der Waals surface area (Å²) in [5.41, 5.74) is 1.88. The molecule has 1 fully saturated rings. The number of nitrogens with one attached hydrogen (secondary N) is 1. The molecule has 9 nitrogen and oxygen atoms in total. The van der Waals surface area contributed by atoms with Gasteiger partial charge in [0.1, 0.15) is 0 Å². The van der Waals surface area contributed by atoms with Gasteiger partial charge in [-0.1, -0.05) is 36.4 Å². The van der Waals surface area contributed by atoms with Crippen molar-refractivity contribution >= 4 is 23.6 Å². The molecule has 2 atom stereocenters. The Hall–Kier alpha value is -3.88. The minimum absolute atomic E-state index is 0.0382. The number of Topliss-reactive ketones (excluding diaryl/α,β-unsaturated/α-hetero) is 1. The molecule has 36 heavy (non-hydrogen) atoms. The second kappa shape index (κ2) is 12.7. The number of carbonyl (C=O) groups is 4. The lowest BCUT2D eigenvalue weighted by atomic mass is 10.0. The highest BCUT2D eigenvalue weighted by Gasteiger charge is 2.35. The van der Waals surface area contributed by atoms with Crippen LogP contribution >= 0.6 is 0 Å². The Morgan fingerprint density at radius 2 is 1.75 bits per heavy atom. The number of likely N-dealkylation sites (tertiary alicyclic amines) is 1. The average molecular weight is 497 g/mol. The molecule has 0 radical (unpaired) electrons. The third-order valence-electron chi connectivity index (χ3n) is 6.12. The molecule has 0 bridgehead atoms. The number of amides is 2. The molecule has 0 aliphatic carbocycles. The van der Waals surface area contributed by atoms with Crippen LogP contribution in [0, 0.1) is 5.92 Å². The van der Waals surface area contributed by atoms with Crippen molar-refractivity contribution < 1.29 is 33.4 Å². The van der Waals surface area contributed by atoms with Gasteiger partial charge >= 0.3 is 5.97 Å². The van der Waals surface area contributed by atoms with Crippen molar-refractivity contribution in [1.29, 1.82) is 0 Å². The van der Waals surface area contributed by atoms with Crippen molar-refractivity contribution in [3.05, 3.63) is 59.7 Å². The smallest absolute Gasteiger partial charge is 0.311 e. The summed E-state index contributed by atoms with van der Waals surface area (Å²) in [6.07, 6.45) is 0.975. The number of methoxy groups -OCH3 is 2. The average Bonchev–Trinajstić information content (AvgIpc) is 3.26. The van der Waals surface area contributed by atoms with Crippen molar-refractivity contribution in [2.75, 3.05) is 33.9 Å². The highest BCUT2D eigenvalue weighted by Crippen LogP contribution is 2.28. The summed E-state index contributed by atoms with van der Waals surface area (Å²) in [7, 11) is 3.13. The summed E-state index contributed by atoms with van der Waals surface area (Å²) < 4.78 is 15.7. The van der Waals surface area contributed by atoms with E-state index in [9.17, 15) is 19.2 Å². The van der Waals surface area contributed by atoms with E-state index in [2.05, 4.69) is 5.32 Å². The zero-order valence-corrected chi connectivity index (χ0v) is 20.8. The molecule has 0 spiro atoms. The number of carbonyl (C=O) groups excluding carboxylic acids is 4. The molecular weight excluding hydrogens is 464 g/mol. The molecule has 1 N–H and O–H groups in total. The van der Waals surface area contributed by atoms with Crippen LogP contribution < -0.4 is 14.8 Å². The predicted octanol–water partition coefficient (Wildman–Crippen LogP) is 1.95. The van der Waals surface area contributed by atoms with E-state index in [1.165, 1.54) is 6.92 Å². The van der Waals surface area contributed by atoms with Crippen molar-refractivity contribution in [3.8, 4) is 11.5 Å². The molecule has 0 saturated carbocycles. The quantitative estimate of drug-likeness (QED) is 0.447. The van der Waals surface area contributed by atoms with Crippen molar-refractivity contribution in [2.45, 2.75) is 32.2 Å². The van der Waals surface area contributed by atoms with Crippen LogP contribution in [-0.4, -0.2) is 68.4 Å². The maximum Gasteiger partial charge on any atom is 0.311 e. The van der Waals surface area contributed by atoms with Crippen molar-refractivity contribution in [1.82, 2.24) is 10.2 Å². The maximum atomic E-state index is 12.5. The summed E-state index contributed by atoms with van der Waals surface area (Å²) >= 11 is 0. The Kier molecular flexibility index (Phi) is 9.44. The summed E-state index contributed by atoms with van der Waals surface area (Å²) in [6.45, 7) is 1.57. The maximum absolute atomic E-state index is 12.5. The van der Waals surface area contributed by atoms with Crippen LogP contribution in [0.25, 0.3) is 0 Å². The number of ketones is 1. The molecule has 2 aromatic rings.